The number of aryl methyl sites for hydroxylation is 1. The van der Waals surface area contributed by atoms with E-state index in [1.165, 1.54) is 6.92 Å². The van der Waals surface area contributed by atoms with Gasteiger partial charge in [0.05, 0.1) is 34.9 Å². The number of hydrogen-bond donors (Lipinski definition) is 0. The number of rotatable bonds is 4. The standard InChI is InChI=1S/C18H21N5O2S/c1-11-16(12(2)24)5-19-18(21-11)22-6-13-3-4-15(8-22)23(17(13)25)7-14-9-26-10-20-14/h5,9-10,13,15H,3-4,6-8H2,1-2H3/t13-,15+/m0/s1. The Morgan fingerprint density at radius 3 is 2.85 bits per heavy atom. The average Bonchev–Trinajstić information content (AvgIpc) is 2.97. The van der Waals surface area contributed by atoms with E-state index >= 15 is 0 Å². The van der Waals surface area contributed by atoms with Crippen molar-refractivity contribution in [1.82, 2.24) is 19.9 Å². The van der Waals surface area contributed by atoms with E-state index < -0.39 is 0 Å². The van der Waals surface area contributed by atoms with E-state index in [4.69, 9.17) is 0 Å². The molecule has 0 spiro atoms. The van der Waals surface area contributed by atoms with Gasteiger partial charge < -0.3 is 9.80 Å². The number of amides is 1. The molecule has 2 aromatic heterocycles. The van der Waals surface area contributed by atoms with Gasteiger partial charge in [0.25, 0.3) is 0 Å². The Morgan fingerprint density at radius 2 is 2.15 bits per heavy atom. The summed E-state index contributed by atoms with van der Waals surface area (Å²) in [6.07, 6.45) is 3.49. The number of Topliss-reactive ketones (excluding diaryl/α,β-unsaturated/α-hetero) is 1. The van der Waals surface area contributed by atoms with Crippen LogP contribution in [0.5, 0.6) is 0 Å². The summed E-state index contributed by atoms with van der Waals surface area (Å²) in [7, 11) is 0. The molecule has 0 radical (unpaired) electrons. The van der Waals surface area contributed by atoms with Crippen molar-refractivity contribution in [3.63, 3.8) is 0 Å². The van der Waals surface area contributed by atoms with Crippen molar-refractivity contribution in [1.29, 1.82) is 0 Å². The zero-order chi connectivity index (χ0) is 18.3. The molecule has 5 rings (SSSR count). The lowest BCUT2D eigenvalue weighted by atomic mass is 9.94. The zero-order valence-corrected chi connectivity index (χ0v) is 15.7. The van der Waals surface area contributed by atoms with E-state index in [0.29, 0.717) is 36.8 Å². The normalized spacial score (nSPS) is 22.6. The summed E-state index contributed by atoms with van der Waals surface area (Å²) in [6.45, 7) is 5.26. The first-order chi connectivity index (χ1) is 12.5. The van der Waals surface area contributed by atoms with E-state index in [2.05, 4.69) is 19.9 Å². The number of nitrogens with zero attached hydrogens (tertiary/aromatic N) is 5. The summed E-state index contributed by atoms with van der Waals surface area (Å²) in [5, 5.41) is 2.00. The van der Waals surface area contributed by atoms with Crippen molar-refractivity contribution in [2.45, 2.75) is 39.3 Å². The molecule has 8 heteroatoms. The largest absolute Gasteiger partial charge is 0.338 e. The van der Waals surface area contributed by atoms with Crippen LogP contribution in [0.1, 0.15) is 41.5 Å². The maximum absolute atomic E-state index is 12.9. The average molecular weight is 371 g/mol. The first-order valence-electron chi connectivity index (χ1n) is 8.80. The highest BCUT2D eigenvalue weighted by Crippen LogP contribution is 2.31. The van der Waals surface area contributed by atoms with Gasteiger partial charge in [-0.25, -0.2) is 15.0 Å². The van der Waals surface area contributed by atoms with Crippen molar-refractivity contribution in [2.75, 3.05) is 18.0 Å². The summed E-state index contributed by atoms with van der Waals surface area (Å²) < 4.78 is 0. The van der Waals surface area contributed by atoms with Crippen LogP contribution in [0.15, 0.2) is 17.1 Å². The van der Waals surface area contributed by atoms with E-state index in [1.807, 2.05) is 17.2 Å². The van der Waals surface area contributed by atoms with Crippen LogP contribution in [0.4, 0.5) is 5.95 Å². The third-order valence-corrected chi connectivity index (χ3v) is 5.87. The molecule has 0 unspecified atom stereocenters. The molecule has 3 aliphatic heterocycles. The van der Waals surface area contributed by atoms with Gasteiger partial charge >= 0.3 is 0 Å². The van der Waals surface area contributed by atoms with Crippen molar-refractivity contribution < 1.29 is 9.59 Å². The molecule has 3 fully saturated rings. The van der Waals surface area contributed by atoms with Gasteiger partial charge in [-0.05, 0) is 26.7 Å². The predicted octanol–water partition coefficient (Wildman–Crippen LogP) is 2.07. The first-order valence-corrected chi connectivity index (χ1v) is 9.74. The number of hydrogen-bond acceptors (Lipinski definition) is 7. The van der Waals surface area contributed by atoms with Crippen LogP contribution in [-0.2, 0) is 11.3 Å². The molecule has 3 saturated heterocycles. The Labute approximate surface area is 156 Å². The Kier molecular flexibility index (Phi) is 4.44. The second-order valence-corrected chi connectivity index (χ2v) is 7.72. The van der Waals surface area contributed by atoms with E-state index in [9.17, 15) is 9.59 Å². The number of anilines is 1. The van der Waals surface area contributed by atoms with Gasteiger partial charge in [-0.15, -0.1) is 11.3 Å². The fourth-order valence-corrected chi connectivity index (χ4v) is 4.40. The third-order valence-electron chi connectivity index (χ3n) is 5.24. The molecule has 3 aliphatic rings. The highest BCUT2D eigenvalue weighted by atomic mass is 32.1. The lowest BCUT2D eigenvalue weighted by molar-refractivity contribution is -0.140. The number of aromatic nitrogens is 3. The molecule has 0 N–H and O–H groups in total. The Hall–Kier alpha value is -2.35. The number of piperidine rings is 1. The fourth-order valence-electron chi connectivity index (χ4n) is 3.85. The van der Waals surface area contributed by atoms with Crippen LogP contribution in [0.25, 0.3) is 0 Å². The molecule has 2 bridgehead atoms. The second kappa shape index (κ2) is 6.75. The smallest absolute Gasteiger partial charge is 0.228 e. The molecule has 5 heterocycles. The van der Waals surface area contributed by atoms with Crippen LogP contribution in [0.2, 0.25) is 0 Å². The van der Waals surface area contributed by atoms with Crippen molar-refractivity contribution in [3.8, 4) is 0 Å². The summed E-state index contributed by atoms with van der Waals surface area (Å²) in [5.74, 6) is 0.736. The summed E-state index contributed by atoms with van der Waals surface area (Å²) >= 11 is 1.55. The van der Waals surface area contributed by atoms with Gasteiger partial charge in [0, 0.05) is 30.7 Å². The Morgan fingerprint density at radius 1 is 1.31 bits per heavy atom. The maximum atomic E-state index is 12.9. The molecule has 136 valence electrons. The fraction of sp³-hybridized carbons (Fsp3) is 0.500. The number of fused-ring (bicyclic) bond motifs is 4. The molecule has 1 amide bonds. The molecule has 7 nitrogen and oxygen atoms in total. The van der Waals surface area contributed by atoms with Gasteiger partial charge in [-0.3, -0.25) is 9.59 Å². The van der Waals surface area contributed by atoms with Crippen LogP contribution >= 0.6 is 11.3 Å². The van der Waals surface area contributed by atoms with E-state index in [-0.39, 0.29) is 23.7 Å². The number of thiazole rings is 1. The molecule has 2 aromatic rings. The van der Waals surface area contributed by atoms with Crippen molar-refractivity contribution >= 4 is 29.0 Å². The Balaban J connectivity index is 1.59. The molecule has 26 heavy (non-hydrogen) atoms. The lowest BCUT2D eigenvalue weighted by Gasteiger charge is -2.35. The molecule has 0 saturated carbocycles. The molecular weight excluding hydrogens is 350 g/mol. The molecule has 2 atom stereocenters. The number of carbonyl (C=O) groups is 2. The van der Waals surface area contributed by atoms with E-state index in [1.54, 1.807) is 23.0 Å². The van der Waals surface area contributed by atoms with Gasteiger partial charge in [0.1, 0.15) is 0 Å². The lowest BCUT2D eigenvalue weighted by Crippen LogP contribution is -2.47. The summed E-state index contributed by atoms with van der Waals surface area (Å²) in [4.78, 5) is 41.9. The van der Waals surface area contributed by atoms with Crippen molar-refractivity contribution in [2.24, 2.45) is 5.92 Å². The number of carbonyl (C=O) groups excluding carboxylic acids is 2. The molecule has 0 aliphatic carbocycles. The minimum absolute atomic E-state index is 0.0328. The van der Waals surface area contributed by atoms with Crippen molar-refractivity contribution in [3.05, 3.63) is 34.0 Å². The van der Waals surface area contributed by atoms with Crippen LogP contribution in [0, 0.1) is 12.8 Å². The number of ketones is 1. The van der Waals surface area contributed by atoms with Crippen LogP contribution in [-0.4, -0.2) is 50.7 Å². The SMILES string of the molecule is CC(=O)c1cnc(N2C[C@@H]3CC[C@H](C2)N(Cc2cscn2)C3=O)nc1C. The van der Waals surface area contributed by atoms with Gasteiger partial charge in [0.2, 0.25) is 11.9 Å². The highest BCUT2D eigenvalue weighted by molar-refractivity contribution is 7.07. The summed E-state index contributed by atoms with van der Waals surface area (Å²) in [5.41, 5.74) is 3.98. The Bertz CT molecular complexity index is 838. The van der Waals surface area contributed by atoms with Gasteiger partial charge in [0.15, 0.2) is 5.78 Å². The monoisotopic (exact) mass is 371 g/mol. The third kappa shape index (κ3) is 3.09. The quantitative estimate of drug-likeness (QED) is 0.766. The first kappa shape index (κ1) is 17.1. The minimum atomic E-state index is -0.0382. The highest BCUT2D eigenvalue weighted by Gasteiger charge is 2.41. The van der Waals surface area contributed by atoms with Gasteiger partial charge in [-0.2, -0.15) is 0 Å². The molecular formula is C18H21N5O2S. The molecule has 0 aromatic carbocycles. The maximum Gasteiger partial charge on any atom is 0.228 e. The van der Waals surface area contributed by atoms with Crippen LogP contribution in [0.3, 0.4) is 0 Å². The predicted molar refractivity (Wildman–Crippen MR) is 98.2 cm³/mol. The summed E-state index contributed by atoms with van der Waals surface area (Å²) in [6, 6.07) is 0.138. The second-order valence-electron chi connectivity index (χ2n) is 7.00. The minimum Gasteiger partial charge on any atom is -0.338 e. The zero-order valence-electron chi connectivity index (χ0n) is 14.9. The van der Waals surface area contributed by atoms with Gasteiger partial charge in [-0.1, -0.05) is 0 Å². The topological polar surface area (TPSA) is 79.3 Å². The van der Waals surface area contributed by atoms with Crippen LogP contribution < -0.4 is 4.90 Å². The van der Waals surface area contributed by atoms with E-state index in [0.717, 1.165) is 18.5 Å².